The predicted octanol–water partition coefficient (Wildman–Crippen LogP) is 4.80. The summed E-state index contributed by atoms with van der Waals surface area (Å²) in [5, 5.41) is 12.5. The van der Waals surface area contributed by atoms with Gasteiger partial charge in [0.2, 0.25) is 5.91 Å². The van der Waals surface area contributed by atoms with Gasteiger partial charge >= 0.3 is 0 Å². The van der Waals surface area contributed by atoms with Crippen LogP contribution in [0.1, 0.15) is 43.9 Å². The number of amides is 1. The summed E-state index contributed by atoms with van der Waals surface area (Å²) in [4.78, 5) is 16.5. The fraction of sp³-hybridized carbons (Fsp3) is 0.304. The van der Waals surface area contributed by atoms with Crippen molar-refractivity contribution in [2.75, 3.05) is 5.32 Å². The van der Waals surface area contributed by atoms with Gasteiger partial charge in [-0.05, 0) is 41.3 Å². The maximum atomic E-state index is 12.3. The van der Waals surface area contributed by atoms with Gasteiger partial charge in [-0.2, -0.15) is 0 Å². The minimum Gasteiger partial charge on any atom is -0.508 e. The number of nitrogens with zero attached hydrogens (tertiary/aromatic N) is 2. The van der Waals surface area contributed by atoms with E-state index in [-0.39, 0.29) is 24.1 Å². The number of phenols is 1. The van der Waals surface area contributed by atoms with Crippen LogP contribution in [0.3, 0.4) is 0 Å². The molecule has 0 aliphatic heterocycles. The Hall–Kier alpha value is -3.08. The number of hydrogen-bond acceptors (Lipinski definition) is 3. The summed E-state index contributed by atoms with van der Waals surface area (Å²) in [5.74, 6) is 0.575. The van der Waals surface area contributed by atoms with E-state index in [9.17, 15) is 9.90 Å². The van der Waals surface area contributed by atoms with Crippen LogP contribution in [0.2, 0.25) is 0 Å². The van der Waals surface area contributed by atoms with Crippen LogP contribution in [-0.4, -0.2) is 20.6 Å². The summed E-state index contributed by atoms with van der Waals surface area (Å²) >= 11 is 0. The van der Waals surface area contributed by atoms with Crippen LogP contribution in [0.15, 0.2) is 67.3 Å². The van der Waals surface area contributed by atoms with Gasteiger partial charge in [-0.25, -0.2) is 4.98 Å². The van der Waals surface area contributed by atoms with E-state index in [0.29, 0.717) is 5.92 Å². The van der Waals surface area contributed by atoms with E-state index in [1.165, 1.54) is 5.56 Å². The number of aromatic hydroxyl groups is 1. The quantitative estimate of drug-likeness (QED) is 0.593. The van der Waals surface area contributed by atoms with Crippen molar-refractivity contribution >= 4 is 11.6 Å². The highest BCUT2D eigenvalue weighted by Gasteiger charge is 2.22. The zero-order valence-corrected chi connectivity index (χ0v) is 16.4. The first-order chi connectivity index (χ1) is 13.6. The predicted molar refractivity (Wildman–Crippen MR) is 111 cm³/mol. The lowest BCUT2D eigenvalue weighted by Crippen LogP contribution is -2.19. The first-order valence-electron chi connectivity index (χ1n) is 9.75. The first-order valence-corrected chi connectivity index (χ1v) is 9.75. The Morgan fingerprint density at radius 1 is 1.14 bits per heavy atom. The molecular formula is C23H27N3O2. The number of carbonyl (C=O) groups excluding carboxylic acids is 1. The highest BCUT2D eigenvalue weighted by molar-refractivity contribution is 5.92. The first kappa shape index (κ1) is 19.7. The van der Waals surface area contributed by atoms with E-state index >= 15 is 0 Å². The van der Waals surface area contributed by atoms with Gasteiger partial charge < -0.3 is 15.0 Å². The molecule has 1 unspecified atom stereocenters. The summed E-state index contributed by atoms with van der Waals surface area (Å²) < 4.78 is 2.16. The number of hydrogen-bond donors (Lipinski definition) is 2. The van der Waals surface area contributed by atoms with Crippen LogP contribution in [0, 0.1) is 5.92 Å². The molecule has 5 heteroatoms. The molecule has 0 fully saturated rings. The van der Waals surface area contributed by atoms with E-state index in [4.69, 9.17) is 0 Å². The fourth-order valence-electron chi connectivity index (χ4n) is 3.68. The molecule has 1 heterocycles. The topological polar surface area (TPSA) is 67.2 Å². The van der Waals surface area contributed by atoms with Crippen molar-refractivity contribution in [3.63, 3.8) is 0 Å². The summed E-state index contributed by atoms with van der Waals surface area (Å²) in [6.07, 6.45) is 8.08. The van der Waals surface area contributed by atoms with Crippen molar-refractivity contribution in [2.24, 2.45) is 5.92 Å². The van der Waals surface area contributed by atoms with Crippen LogP contribution in [-0.2, 0) is 11.2 Å². The molecule has 0 bridgehead atoms. The number of rotatable bonds is 8. The summed E-state index contributed by atoms with van der Waals surface area (Å²) in [6.45, 7) is 4.43. The van der Waals surface area contributed by atoms with Gasteiger partial charge in [0.25, 0.3) is 0 Å². The van der Waals surface area contributed by atoms with Crippen molar-refractivity contribution in [3.05, 3.63) is 78.4 Å². The van der Waals surface area contributed by atoms with Crippen LogP contribution in [0.4, 0.5) is 5.69 Å². The molecule has 0 aliphatic rings. The van der Waals surface area contributed by atoms with Crippen molar-refractivity contribution in [3.8, 4) is 5.75 Å². The van der Waals surface area contributed by atoms with E-state index < -0.39 is 0 Å². The minimum atomic E-state index is -0.107. The molecule has 0 saturated carbocycles. The smallest absolute Gasteiger partial charge is 0.228 e. The van der Waals surface area contributed by atoms with E-state index in [1.54, 1.807) is 18.2 Å². The Bertz CT molecular complexity index is 884. The third-order valence-corrected chi connectivity index (χ3v) is 5.15. The van der Waals surface area contributed by atoms with Gasteiger partial charge in [-0.3, -0.25) is 4.79 Å². The lowest BCUT2D eigenvalue weighted by molar-refractivity contribution is -0.115. The molecule has 28 heavy (non-hydrogen) atoms. The lowest BCUT2D eigenvalue weighted by atomic mass is 9.88. The molecule has 0 spiro atoms. The Morgan fingerprint density at radius 3 is 2.50 bits per heavy atom. The van der Waals surface area contributed by atoms with Crippen molar-refractivity contribution in [2.45, 2.75) is 39.2 Å². The standard InChI is InChI=1S/C23H27N3O2/c1-3-18(4-2)23(26-13-12-24-16-26)19-8-10-20(11-9-19)25-22(28)15-17-6-5-7-21(27)14-17/h5-14,16,18,23,27H,3-4,15H2,1-2H3,(H,25,28). The molecule has 5 nitrogen and oxygen atoms in total. The van der Waals surface area contributed by atoms with Crippen LogP contribution < -0.4 is 5.32 Å². The van der Waals surface area contributed by atoms with Gasteiger partial charge in [0.15, 0.2) is 0 Å². The van der Waals surface area contributed by atoms with Gasteiger partial charge in [-0.1, -0.05) is 51.0 Å². The lowest BCUT2D eigenvalue weighted by Gasteiger charge is -2.27. The van der Waals surface area contributed by atoms with Gasteiger partial charge in [-0.15, -0.1) is 0 Å². The van der Waals surface area contributed by atoms with E-state index in [1.807, 2.05) is 36.9 Å². The Kier molecular flexibility index (Phi) is 6.48. The molecule has 1 aromatic heterocycles. The molecule has 3 aromatic rings. The summed E-state index contributed by atoms with van der Waals surface area (Å²) in [6, 6.07) is 15.0. The third-order valence-electron chi connectivity index (χ3n) is 5.15. The third kappa shape index (κ3) is 4.80. The number of anilines is 1. The van der Waals surface area contributed by atoms with E-state index in [0.717, 1.165) is 24.1 Å². The molecule has 2 N–H and O–H groups in total. The van der Waals surface area contributed by atoms with Gasteiger partial charge in [0, 0.05) is 18.1 Å². The van der Waals surface area contributed by atoms with Crippen LogP contribution in [0.5, 0.6) is 5.75 Å². The molecule has 0 saturated heterocycles. The largest absolute Gasteiger partial charge is 0.508 e. The minimum absolute atomic E-state index is 0.107. The summed E-state index contributed by atoms with van der Waals surface area (Å²) in [5.41, 5.74) is 2.75. The maximum Gasteiger partial charge on any atom is 0.228 e. The molecule has 1 amide bonds. The van der Waals surface area contributed by atoms with E-state index in [2.05, 4.69) is 40.8 Å². The zero-order chi connectivity index (χ0) is 19.9. The van der Waals surface area contributed by atoms with Crippen molar-refractivity contribution in [1.29, 1.82) is 0 Å². The summed E-state index contributed by atoms with van der Waals surface area (Å²) in [7, 11) is 0. The van der Waals surface area contributed by atoms with Gasteiger partial charge in [0.1, 0.15) is 5.75 Å². The number of carbonyl (C=O) groups is 1. The monoisotopic (exact) mass is 377 g/mol. The number of nitrogens with one attached hydrogen (secondary N) is 1. The number of aromatic nitrogens is 2. The van der Waals surface area contributed by atoms with Crippen LogP contribution >= 0.6 is 0 Å². The van der Waals surface area contributed by atoms with Crippen molar-refractivity contribution in [1.82, 2.24) is 9.55 Å². The second-order valence-electron chi connectivity index (χ2n) is 7.05. The molecule has 0 radical (unpaired) electrons. The highest BCUT2D eigenvalue weighted by atomic mass is 16.3. The van der Waals surface area contributed by atoms with Gasteiger partial charge in [0.05, 0.1) is 18.8 Å². The number of imidazole rings is 1. The Morgan fingerprint density at radius 2 is 1.89 bits per heavy atom. The zero-order valence-electron chi connectivity index (χ0n) is 16.4. The molecular weight excluding hydrogens is 350 g/mol. The Balaban J connectivity index is 1.72. The Labute approximate surface area is 166 Å². The normalized spacial score (nSPS) is 12.1. The average Bonchev–Trinajstić information content (AvgIpc) is 3.21. The molecule has 0 aliphatic carbocycles. The van der Waals surface area contributed by atoms with Crippen LogP contribution in [0.25, 0.3) is 0 Å². The maximum absolute atomic E-state index is 12.3. The van der Waals surface area contributed by atoms with Crippen molar-refractivity contribution < 1.29 is 9.90 Å². The molecule has 1 atom stereocenters. The molecule has 3 rings (SSSR count). The molecule has 146 valence electrons. The average molecular weight is 377 g/mol. The SMILES string of the molecule is CCC(CC)C(c1ccc(NC(=O)Cc2cccc(O)c2)cc1)n1ccnc1. The number of benzene rings is 2. The molecule has 2 aromatic carbocycles. The fourth-order valence-corrected chi connectivity index (χ4v) is 3.68. The highest BCUT2D eigenvalue weighted by Crippen LogP contribution is 2.31. The number of phenolic OH excluding ortho intramolecular Hbond substituents is 1. The second kappa shape index (κ2) is 9.22. The second-order valence-corrected chi connectivity index (χ2v) is 7.05.